The Bertz CT molecular complexity index is 396. The van der Waals surface area contributed by atoms with Crippen molar-refractivity contribution in [3.8, 4) is 5.75 Å². The molecule has 1 aromatic rings. The minimum atomic E-state index is -0.135. The zero-order valence-electron chi connectivity index (χ0n) is 11.0. The van der Waals surface area contributed by atoms with E-state index in [9.17, 15) is 4.79 Å². The minimum Gasteiger partial charge on any atom is -0.496 e. The van der Waals surface area contributed by atoms with Gasteiger partial charge in [-0.05, 0) is 25.3 Å². The molecule has 0 aliphatic carbocycles. The van der Waals surface area contributed by atoms with Crippen LogP contribution in [0.15, 0.2) is 30.3 Å². The molecule has 0 radical (unpaired) electrons. The fourth-order valence-electron chi connectivity index (χ4n) is 1.65. The highest BCUT2D eigenvalue weighted by Crippen LogP contribution is 2.19. The maximum Gasteiger partial charge on any atom is 0.305 e. The number of benzene rings is 1. The van der Waals surface area contributed by atoms with E-state index >= 15 is 0 Å². The lowest BCUT2D eigenvalue weighted by atomic mass is 10.1. The standard InChI is InChI=1S/C15H20O3/c1-17-14-11-8-7-10-13(14)9-5-3-4-6-12-15(16)18-2/h5,7-11H,3-4,6,12H2,1-2H3. The lowest BCUT2D eigenvalue weighted by molar-refractivity contribution is -0.140. The Kier molecular flexibility index (Phi) is 6.62. The van der Waals surface area contributed by atoms with Crippen molar-refractivity contribution in [3.05, 3.63) is 35.9 Å². The molecule has 0 N–H and O–H groups in total. The van der Waals surface area contributed by atoms with Crippen LogP contribution in [0.25, 0.3) is 6.08 Å². The van der Waals surface area contributed by atoms with Gasteiger partial charge in [0.05, 0.1) is 14.2 Å². The number of carbonyl (C=O) groups is 1. The van der Waals surface area contributed by atoms with Crippen molar-refractivity contribution >= 4 is 12.0 Å². The van der Waals surface area contributed by atoms with E-state index in [4.69, 9.17) is 4.74 Å². The number of ether oxygens (including phenoxy) is 2. The van der Waals surface area contributed by atoms with Crippen molar-refractivity contribution in [3.63, 3.8) is 0 Å². The largest absolute Gasteiger partial charge is 0.496 e. The summed E-state index contributed by atoms with van der Waals surface area (Å²) >= 11 is 0. The Balaban J connectivity index is 2.30. The molecule has 0 aliphatic rings. The number of methoxy groups -OCH3 is 2. The molecule has 0 saturated carbocycles. The van der Waals surface area contributed by atoms with Gasteiger partial charge in [0.15, 0.2) is 0 Å². The smallest absolute Gasteiger partial charge is 0.305 e. The molecule has 0 amide bonds. The van der Waals surface area contributed by atoms with Gasteiger partial charge < -0.3 is 9.47 Å². The molecular weight excluding hydrogens is 228 g/mol. The van der Waals surface area contributed by atoms with E-state index in [1.165, 1.54) is 7.11 Å². The molecule has 0 heterocycles. The van der Waals surface area contributed by atoms with Crippen LogP contribution in [0.5, 0.6) is 5.75 Å². The summed E-state index contributed by atoms with van der Waals surface area (Å²) in [4.78, 5) is 10.9. The summed E-state index contributed by atoms with van der Waals surface area (Å²) in [6.45, 7) is 0. The molecule has 0 saturated heterocycles. The third-order valence-electron chi connectivity index (χ3n) is 2.67. The first kappa shape index (κ1) is 14.3. The van der Waals surface area contributed by atoms with Gasteiger partial charge in [-0.25, -0.2) is 0 Å². The lowest BCUT2D eigenvalue weighted by Gasteiger charge is -2.03. The molecule has 1 rings (SSSR count). The van der Waals surface area contributed by atoms with Crippen LogP contribution < -0.4 is 4.74 Å². The predicted octanol–water partition coefficient (Wildman–Crippen LogP) is 3.44. The van der Waals surface area contributed by atoms with E-state index in [-0.39, 0.29) is 5.97 Å². The van der Waals surface area contributed by atoms with Crippen molar-refractivity contribution in [1.29, 1.82) is 0 Å². The number of hydrogen-bond donors (Lipinski definition) is 0. The molecule has 0 bridgehead atoms. The predicted molar refractivity (Wildman–Crippen MR) is 72.5 cm³/mol. The number of unbranched alkanes of at least 4 members (excludes halogenated alkanes) is 2. The number of allylic oxidation sites excluding steroid dienone is 1. The van der Waals surface area contributed by atoms with Crippen molar-refractivity contribution in [2.45, 2.75) is 25.7 Å². The average molecular weight is 248 g/mol. The van der Waals surface area contributed by atoms with Gasteiger partial charge in [0.25, 0.3) is 0 Å². The molecule has 0 fully saturated rings. The second-order valence-electron chi connectivity index (χ2n) is 3.97. The Labute approximate surface area is 108 Å². The number of hydrogen-bond acceptors (Lipinski definition) is 3. The van der Waals surface area contributed by atoms with Crippen molar-refractivity contribution in [2.24, 2.45) is 0 Å². The van der Waals surface area contributed by atoms with E-state index in [2.05, 4.69) is 16.9 Å². The van der Waals surface area contributed by atoms with Gasteiger partial charge in [0.1, 0.15) is 5.75 Å². The summed E-state index contributed by atoms with van der Waals surface area (Å²) in [5, 5.41) is 0. The van der Waals surface area contributed by atoms with Crippen molar-refractivity contribution in [1.82, 2.24) is 0 Å². The van der Waals surface area contributed by atoms with Crippen LogP contribution in [0.2, 0.25) is 0 Å². The van der Waals surface area contributed by atoms with Crippen LogP contribution >= 0.6 is 0 Å². The van der Waals surface area contributed by atoms with E-state index in [1.54, 1.807) is 7.11 Å². The quantitative estimate of drug-likeness (QED) is 0.547. The summed E-state index contributed by atoms with van der Waals surface area (Å²) in [5.74, 6) is 0.743. The Morgan fingerprint density at radius 3 is 2.72 bits per heavy atom. The summed E-state index contributed by atoms with van der Waals surface area (Å²) in [6.07, 6.45) is 7.46. The first-order valence-corrected chi connectivity index (χ1v) is 6.14. The molecule has 0 atom stereocenters. The number of para-hydroxylation sites is 1. The van der Waals surface area contributed by atoms with Crippen LogP contribution in [0.1, 0.15) is 31.2 Å². The molecular formula is C15H20O3. The SMILES string of the molecule is COC(=O)CCCCC=Cc1ccccc1OC. The van der Waals surface area contributed by atoms with E-state index in [0.29, 0.717) is 6.42 Å². The molecule has 18 heavy (non-hydrogen) atoms. The van der Waals surface area contributed by atoms with Crippen molar-refractivity contribution < 1.29 is 14.3 Å². The highest BCUT2D eigenvalue weighted by atomic mass is 16.5. The van der Waals surface area contributed by atoms with Gasteiger partial charge in [-0.15, -0.1) is 0 Å². The van der Waals surface area contributed by atoms with Gasteiger partial charge in [0.2, 0.25) is 0 Å². The van der Waals surface area contributed by atoms with Gasteiger partial charge >= 0.3 is 5.97 Å². The van der Waals surface area contributed by atoms with Crippen LogP contribution in [-0.4, -0.2) is 20.2 Å². The zero-order chi connectivity index (χ0) is 13.2. The number of rotatable bonds is 7. The first-order chi connectivity index (χ1) is 8.77. The monoisotopic (exact) mass is 248 g/mol. The van der Waals surface area contributed by atoms with Gasteiger partial charge in [0, 0.05) is 12.0 Å². The molecule has 0 aliphatic heterocycles. The number of carbonyl (C=O) groups excluding carboxylic acids is 1. The van der Waals surface area contributed by atoms with Gasteiger partial charge in [-0.2, -0.15) is 0 Å². The van der Waals surface area contributed by atoms with Crippen LogP contribution in [0, 0.1) is 0 Å². The van der Waals surface area contributed by atoms with E-state index in [1.807, 2.05) is 24.3 Å². The van der Waals surface area contributed by atoms with E-state index in [0.717, 1.165) is 30.6 Å². The molecule has 98 valence electrons. The van der Waals surface area contributed by atoms with Crippen LogP contribution in [0.3, 0.4) is 0 Å². The molecule has 3 heteroatoms. The van der Waals surface area contributed by atoms with Gasteiger partial charge in [-0.1, -0.05) is 30.4 Å². The third-order valence-corrected chi connectivity index (χ3v) is 2.67. The summed E-state index contributed by atoms with van der Waals surface area (Å²) in [6, 6.07) is 7.90. The normalized spacial score (nSPS) is 10.6. The Hall–Kier alpha value is -1.77. The molecule has 0 aromatic heterocycles. The second-order valence-corrected chi connectivity index (χ2v) is 3.97. The van der Waals surface area contributed by atoms with Gasteiger partial charge in [-0.3, -0.25) is 4.79 Å². The fraction of sp³-hybridized carbons (Fsp3) is 0.400. The molecule has 1 aromatic carbocycles. The van der Waals surface area contributed by atoms with Crippen LogP contribution in [-0.2, 0) is 9.53 Å². The summed E-state index contributed by atoms with van der Waals surface area (Å²) in [5.41, 5.74) is 1.08. The lowest BCUT2D eigenvalue weighted by Crippen LogP contribution is -1.98. The third kappa shape index (κ3) is 5.04. The topological polar surface area (TPSA) is 35.5 Å². The van der Waals surface area contributed by atoms with E-state index < -0.39 is 0 Å². The Morgan fingerprint density at radius 2 is 2.00 bits per heavy atom. The maximum atomic E-state index is 10.9. The highest BCUT2D eigenvalue weighted by molar-refractivity contribution is 5.69. The molecule has 3 nitrogen and oxygen atoms in total. The summed E-state index contributed by atoms with van der Waals surface area (Å²) < 4.78 is 9.84. The fourth-order valence-corrected chi connectivity index (χ4v) is 1.65. The molecule has 0 spiro atoms. The maximum absolute atomic E-state index is 10.9. The average Bonchev–Trinajstić information content (AvgIpc) is 2.42. The molecule has 0 unspecified atom stereocenters. The first-order valence-electron chi connectivity index (χ1n) is 6.14. The Morgan fingerprint density at radius 1 is 1.22 bits per heavy atom. The number of esters is 1. The van der Waals surface area contributed by atoms with Crippen LogP contribution in [0.4, 0.5) is 0 Å². The zero-order valence-corrected chi connectivity index (χ0v) is 11.0. The minimum absolute atomic E-state index is 0.135. The van der Waals surface area contributed by atoms with Crippen molar-refractivity contribution in [2.75, 3.05) is 14.2 Å². The summed E-state index contributed by atoms with van der Waals surface area (Å²) in [7, 11) is 3.09. The second kappa shape index (κ2) is 8.34. The highest BCUT2D eigenvalue weighted by Gasteiger charge is 1.98.